The van der Waals surface area contributed by atoms with E-state index < -0.39 is 30.0 Å². The Balaban J connectivity index is 2.46. The summed E-state index contributed by atoms with van der Waals surface area (Å²) in [5.41, 5.74) is -2.22. The number of hydrogen-bond acceptors (Lipinski definition) is 5. The molecule has 1 heterocycles. The lowest BCUT2D eigenvalue weighted by Crippen LogP contribution is -2.44. The number of ether oxygens (including phenoxy) is 2. The average molecular weight is 203 g/mol. The molecule has 14 heavy (non-hydrogen) atoms. The second-order valence-electron chi connectivity index (χ2n) is 4.00. The molecule has 0 bridgehead atoms. The molecule has 0 aliphatic carbocycles. The Labute approximate surface area is 81.2 Å². The van der Waals surface area contributed by atoms with Crippen LogP contribution in [0.1, 0.15) is 20.8 Å². The molecule has 1 atom stereocenters. The van der Waals surface area contributed by atoms with Gasteiger partial charge < -0.3 is 14.6 Å². The minimum absolute atomic E-state index is 0.592. The van der Waals surface area contributed by atoms with Crippen molar-refractivity contribution >= 4 is 12.1 Å². The van der Waals surface area contributed by atoms with Crippen LogP contribution in [0.3, 0.4) is 0 Å². The number of nitrogens with one attached hydrogen (secondary N) is 1. The molecule has 80 valence electrons. The first kappa shape index (κ1) is 10.8. The lowest BCUT2D eigenvalue weighted by molar-refractivity contribution is -0.117. The molecule has 6 nitrogen and oxygen atoms in total. The van der Waals surface area contributed by atoms with Crippen LogP contribution in [0.5, 0.6) is 0 Å². The third-order valence-corrected chi connectivity index (χ3v) is 1.48. The van der Waals surface area contributed by atoms with Crippen LogP contribution < -0.4 is 5.32 Å². The van der Waals surface area contributed by atoms with E-state index in [4.69, 9.17) is 9.84 Å². The molecule has 1 fully saturated rings. The first-order valence-corrected chi connectivity index (χ1v) is 4.14. The Morgan fingerprint density at radius 2 is 2.14 bits per heavy atom. The number of cyclic esters (lactones) is 1. The summed E-state index contributed by atoms with van der Waals surface area (Å²) >= 11 is 0. The van der Waals surface area contributed by atoms with E-state index >= 15 is 0 Å². The van der Waals surface area contributed by atoms with Gasteiger partial charge in [0, 0.05) is 0 Å². The summed E-state index contributed by atoms with van der Waals surface area (Å²) in [7, 11) is 0. The molecule has 1 aliphatic heterocycles. The Morgan fingerprint density at radius 1 is 1.64 bits per heavy atom. The summed E-state index contributed by atoms with van der Waals surface area (Å²) < 4.78 is 9.31. The van der Waals surface area contributed by atoms with Gasteiger partial charge in [-0.2, -0.15) is 0 Å². The monoisotopic (exact) mass is 203 g/mol. The third-order valence-electron chi connectivity index (χ3n) is 1.48. The first-order valence-electron chi connectivity index (χ1n) is 4.14. The van der Waals surface area contributed by atoms with E-state index in [2.05, 4.69) is 10.1 Å². The van der Waals surface area contributed by atoms with Crippen molar-refractivity contribution in [2.24, 2.45) is 0 Å². The highest BCUT2D eigenvalue weighted by Gasteiger charge is 2.60. The second-order valence-corrected chi connectivity index (χ2v) is 4.00. The van der Waals surface area contributed by atoms with Gasteiger partial charge in [0.15, 0.2) is 0 Å². The van der Waals surface area contributed by atoms with E-state index in [1.54, 1.807) is 20.8 Å². The first-order chi connectivity index (χ1) is 6.29. The van der Waals surface area contributed by atoms with Gasteiger partial charge in [0.1, 0.15) is 12.2 Å². The molecule has 1 amide bonds. The van der Waals surface area contributed by atoms with Crippen molar-refractivity contribution < 1.29 is 24.2 Å². The zero-order valence-electron chi connectivity index (χ0n) is 8.29. The third kappa shape index (κ3) is 2.35. The van der Waals surface area contributed by atoms with Crippen molar-refractivity contribution in [2.45, 2.75) is 32.1 Å². The smallest absolute Gasteiger partial charge is 0.411 e. The number of carbonyl (C=O) groups excluding carboxylic acids is 2. The van der Waals surface area contributed by atoms with E-state index in [1.165, 1.54) is 0 Å². The van der Waals surface area contributed by atoms with E-state index in [9.17, 15) is 9.59 Å². The molecule has 0 aromatic carbocycles. The summed E-state index contributed by atoms with van der Waals surface area (Å²) in [5, 5.41) is 10.9. The van der Waals surface area contributed by atoms with Crippen LogP contribution in [-0.4, -0.2) is 35.1 Å². The quantitative estimate of drug-likeness (QED) is 0.604. The van der Waals surface area contributed by atoms with Crippen LogP contribution in [0.4, 0.5) is 4.79 Å². The number of hydrogen-bond donors (Lipinski definition) is 2. The van der Waals surface area contributed by atoms with Crippen molar-refractivity contribution in [3.8, 4) is 0 Å². The van der Waals surface area contributed by atoms with Crippen molar-refractivity contribution in [1.82, 2.24) is 5.32 Å². The number of carbonyl (C=O) groups is 2. The number of rotatable bonds is 2. The highest BCUT2D eigenvalue weighted by Crippen LogP contribution is 2.25. The lowest BCUT2D eigenvalue weighted by atomic mass is 10.2. The Hall–Kier alpha value is -1.30. The highest BCUT2D eigenvalue weighted by atomic mass is 16.7. The summed E-state index contributed by atoms with van der Waals surface area (Å²) in [5.74, 6) is -0.661. The second kappa shape index (κ2) is 3.13. The average Bonchev–Trinajstić information content (AvgIpc) is 2.58. The van der Waals surface area contributed by atoms with Crippen LogP contribution in [0.2, 0.25) is 0 Å². The standard InChI is InChI=1S/C8H13NO5/c1-7(2,3)14-6(12)9-8(4-10)5(11)13-8/h10H,4H2,1-3H3,(H,9,12)/t8-/m1/s1. The van der Waals surface area contributed by atoms with Crippen molar-refractivity contribution in [1.29, 1.82) is 0 Å². The van der Waals surface area contributed by atoms with Crippen LogP contribution in [0, 0.1) is 0 Å². The van der Waals surface area contributed by atoms with Crippen molar-refractivity contribution in [2.75, 3.05) is 6.61 Å². The number of aliphatic hydroxyl groups excluding tert-OH is 1. The minimum Gasteiger partial charge on any atom is -0.444 e. The van der Waals surface area contributed by atoms with Gasteiger partial charge in [-0.25, -0.2) is 9.59 Å². The molecule has 0 aromatic rings. The summed E-state index contributed by atoms with van der Waals surface area (Å²) in [6.07, 6.45) is -0.794. The topological polar surface area (TPSA) is 88.2 Å². The number of aliphatic hydroxyl groups is 1. The Morgan fingerprint density at radius 3 is 2.43 bits per heavy atom. The van der Waals surface area contributed by atoms with Gasteiger partial charge in [-0.05, 0) is 20.8 Å². The van der Waals surface area contributed by atoms with Crippen LogP contribution in [0.15, 0.2) is 0 Å². The zero-order valence-corrected chi connectivity index (χ0v) is 8.29. The fourth-order valence-corrected chi connectivity index (χ4v) is 0.814. The molecule has 6 heteroatoms. The lowest BCUT2D eigenvalue weighted by Gasteiger charge is -2.20. The molecular formula is C8H13NO5. The maximum absolute atomic E-state index is 11.1. The van der Waals surface area contributed by atoms with Gasteiger partial charge in [-0.1, -0.05) is 0 Å². The predicted molar refractivity (Wildman–Crippen MR) is 45.3 cm³/mol. The molecule has 1 rings (SSSR count). The van der Waals surface area contributed by atoms with Crippen molar-refractivity contribution in [3.05, 3.63) is 0 Å². The minimum atomic E-state index is -1.57. The Bertz CT molecular complexity index is 269. The predicted octanol–water partition coefficient (Wildman–Crippen LogP) is -0.243. The van der Waals surface area contributed by atoms with Gasteiger partial charge in [-0.3, -0.25) is 5.32 Å². The van der Waals surface area contributed by atoms with Crippen LogP contribution in [-0.2, 0) is 14.3 Å². The van der Waals surface area contributed by atoms with Crippen LogP contribution in [0.25, 0.3) is 0 Å². The molecule has 0 aromatic heterocycles. The molecule has 2 N–H and O–H groups in total. The van der Waals surface area contributed by atoms with Gasteiger partial charge in [0.2, 0.25) is 0 Å². The van der Waals surface area contributed by atoms with E-state index in [0.717, 1.165) is 0 Å². The maximum Gasteiger partial charge on any atom is 0.411 e. The normalized spacial score (nSPS) is 25.3. The van der Waals surface area contributed by atoms with Crippen LogP contribution >= 0.6 is 0 Å². The van der Waals surface area contributed by atoms with E-state index in [-0.39, 0.29) is 0 Å². The summed E-state index contributed by atoms with van der Waals surface area (Å²) in [4.78, 5) is 21.8. The number of amides is 1. The van der Waals surface area contributed by atoms with Crippen molar-refractivity contribution in [3.63, 3.8) is 0 Å². The number of alkyl carbamates (subject to hydrolysis) is 1. The van der Waals surface area contributed by atoms with Gasteiger partial charge in [0.05, 0.1) is 0 Å². The fourth-order valence-electron chi connectivity index (χ4n) is 0.814. The molecule has 0 unspecified atom stereocenters. The van der Waals surface area contributed by atoms with Gasteiger partial charge >= 0.3 is 17.8 Å². The molecule has 0 saturated carbocycles. The maximum atomic E-state index is 11.1. The molecular weight excluding hydrogens is 190 g/mol. The molecule has 1 saturated heterocycles. The largest absolute Gasteiger partial charge is 0.444 e. The van der Waals surface area contributed by atoms with Gasteiger partial charge in [-0.15, -0.1) is 0 Å². The highest BCUT2D eigenvalue weighted by molar-refractivity contribution is 5.95. The van der Waals surface area contributed by atoms with E-state index in [1.807, 2.05) is 0 Å². The van der Waals surface area contributed by atoms with Gasteiger partial charge in [0.25, 0.3) is 0 Å². The SMILES string of the molecule is CC(C)(C)OC(=O)N[C@]1(CO)OC1=O. The summed E-state index contributed by atoms with van der Waals surface area (Å²) in [6, 6.07) is 0. The van der Waals surface area contributed by atoms with E-state index in [0.29, 0.717) is 0 Å². The number of epoxide rings is 1. The Kier molecular flexibility index (Phi) is 2.41. The summed E-state index contributed by atoms with van der Waals surface area (Å²) in [6.45, 7) is 4.47. The fraction of sp³-hybridized carbons (Fsp3) is 0.750. The zero-order chi connectivity index (χ0) is 11.0. The molecule has 0 spiro atoms. The molecule has 0 radical (unpaired) electrons. The molecule has 1 aliphatic rings.